The van der Waals surface area contributed by atoms with Gasteiger partial charge in [0.2, 0.25) is 0 Å². The summed E-state index contributed by atoms with van der Waals surface area (Å²) in [5.41, 5.74) is 0.854. The molecule has 1 heterocycles. The predicted octanol–water partition coefficient (Wildman–Crippen LogP) is 1.79. The third kappa shape index (κ3) is 2.87. The van der Waals surface area contributed by atoms with Crippen molar-refractivity contribution in [2.24, 2.45) is 0 Å². The van der Waals surface area contributed by atoms with Gasteiger partial charge in [-0.3, -0.25) is 4.79 Å². The molecule has 1 rings (SSSR count). The average molecular weight is 197 g/mol. The molecule has 0 aromatic carbocycles. The number of hydrogen-bond acceptors (Lipinski definition) is 4. The molecule has 0 aliphatic heterocycles. The second-order valence-electron chi connectivity index (χ2n) is 3.05. The number of ether oxygens (including phenoxy) is 1. The van der Waals surface area contributed by atoms with Crippen molar-refractivity contribution in [3.05, 3.63) is 17.3 Å². The standard InChI is InChI=1S/C10H15NO3/c1-4-13-10(12)6-5-9-7(2)11-8(3)14-9/h4-6H2,1-3H3. The summed E-state index contributed by atoms with van der Waals surface area (Å²) in [6, 6.07) is 0. The smallest absolute Gasteiger partial charge is 0.306 e. The molecule has 0 fully saturated rings. The zero-order chi connectivity index (χ0) is 10.6. The molecule has 4 heteroatoms. The van der Waals surface area contributed by atoms with Crippen LogP contribution in [0.15, 0.2) is 4.42 Å². The highest BCUT2D eigenvalue weighted by molar-refractivity contribution is 5.69. The highest BCUT2D eigenvalue weighted by Gasteiger charge is 2.09. The largest absolute Gasteiger partial charge is 0.466 e. The second kappa shape index (κ2) is 4.79. The van der Waals surface area contributed by atoms with Gasteiger partial charge in [-0.2, -0.15) is 0 Å². The Morgan fingerprint density at radius 1 is 1.50 bits per heavy atom. The molecule has 0 saturated heterocycles. The zero-order valence-corrected chi connectivity index (χ0v) is 8.79. The van der Waals surface area contributed by atoms with Crippen molar-refractivity contribution in [2.45, 2.75) is 33.6 Å². The van der Waals surface area contributed by atoms with Crippen molar-refractivity contribution in [3.63, 3.8) is 0 Å². The molecule has 0 aliphatic carbocycles. The molecule has 0 spiro atoms. The first kappa shape index (κ1) is 10.8. The van der Waals surface area contributed by atoms with Crippen LogP contribution in [0.3, 0.4) is 0 Å². The molecule has 0 radical (unpaired) electrons. The van der Waals surface area contributed by atoms with E-state index in [2.05, 4.69) is 4.98 Å². The van der Waals surface area contributed by atoms with E-state index in [0.29, 0.717) is 25.3 Å². The summed E-state index contributed by atoms with van der Waals surface area (Å²) in [5.74, 6) is 1.22. The summed E-state index contributed by atoms with van der Waals surface area (Å²) in [7, 11) is 0. The normalized spacial score (nSPS) is 10.2. The van der Waals surface area contributed by atoms with Crippen molar-refractivity contribution in [1.29, 1.82) is 0 Å². The van der Waals surface area contributed by atoms with Crippen molar-refractivity contribution in [1.82, 2.24) is 4.98 Å². The van der Waals surface area contributed by atoms with Crippen molar-refractivity contribution >= 4 is 5.97 Å². The minimum absolute atomic E-state index is 0.194. The van der Waals surface area contributed by atoms with Crippen LogP contribution in [0.1, 0.15) is 30.7 Å². The molecular weight excluding hydrogens is 182 g/mol. The summed E-state index contributed by atoms with van der Waals surface area (Å²) in [5, 5.41) is 0. The van der Waals surface area contributed by atoms with E-state index in [-0.39, 0.29) is 5.97 Å². The van der Waals surface area contributed by atoms with E-state index in [1.165, 1.54) is 0 Å². The lowest BCUT2D eigenvalue weighted by molar-refractivity contribution is -0.143. The van der Waals surface area contributed by atoms with Gasteiger partial charge in [0.1, 0.15) is 5.76 Å². The van der Waals surface area contributed by atoms with Crippen LogP contribution in [0.5, 0.6) is 0 Å². The number of carbonyl (C=O) groups excluding carboxylic acids is 1. The fourth-order valence-corrected chi connectivity index (χ4v) is 1.25. The number of carbonyl (C=O) groups is 1. The first-order valence-corrected chi connectivity index (χ1v) is 4.72. The summed E-state index contributed by atoms with van der Waals surface area (Å²) < 4.78 is 10.1. The van der Waals surface area contributed by atoms with E-state index in [1.54, 1.807) is 13.8 Å². The molecule has 0 saturated carbocycles. The zero-order valence-electron chi connectivity index (χ0n) is 8.79. The third-order valence-corrected chi connectivity index (χ3v) is 1.86. The van der Waals surface area contributed by atoms with Crippen LogP contribution in [0.2, 0.25) is 0 Å². The second-order valence-corrected chi connectivity index (χ2v) is 3.05. The van der Waals surface area contributed by atoms with Crippen molar-refractivity contribution < 1.29 is 13.9 Å². The number of aryl methyl sites for hydroxylation is 3. The Balaban J connectivity index is 2.45. The van der Waals surface area contributed by atoms with Gasteiger partial charge < -0.3 is 9.15 Å². The first-order chi connectivity index (χ1) is 6.63. The van der Waals surface area contributed by atoms with Crippen LogP contribution in [0.25, 0.3) is 0 Å². The average Bonchev–Trinajstić information content (AvgIpc) is 2.42. The minimum atomic E-state index is -0.194. The van der Waals surface area contributed by atoms with Gasteiger partial charge in [0.15, 0.2) is 5.89 Å². The van der Waals surface area contributed by atoms with Crippen LogP contribution in [-0.2, 0) is 16.0 Å². The molecule has 4 nitrogen and oxygen atoms in total. The van der Waals surface area contributed by atoms with Crippen molar-refractivity contribution in [3.8, 4) is 0 Å². The number of esters is 1. The molecule has 78 valence electrons. The Kier molecular flexibility index (Phi) is 3.68. The van der Waals surface area contributed by atoms with E-state index >= 15 is 0 Å². The van der Waals surface area contributed by atoms with Crippen molar-refractivity contribution in [2.75, 3.05) is 6.61 Å². The topological polar surface area (TPSA) is 52.3 Å². The lowest BCUT2D eigenvalue weighted by Gasteiger charge is -1.99. The molecule has 0 unspecified atom stereocenters. The number of aromatic nitrogens is 1. The Morgan fingerprint density at radius 2 is 2.21 bits per heavy atom. The number of nitrogens with zero attached hydrogens (tertiary/aromatic N) is 1. The maximum Gasteiger partial charge on any atom is 0.306 e. The highest BCUT2D eigenvalue weighted by Crippen LogP contribution is 2.11. The van der Waals surface area contributed by atoms with Gasteiger partial charge in [-0.15, -0.1) is 0 Å². The lowest BCUT2D eigenvalue weighted by Crippen LogP contribution is -2.05. The van der Waals surface area contributed by atoms with E-state index in [4.69, 9.17) is 9.15 Å². The van der Waals surface area contributed by atoms with Gasteiger partial charge >= 0.3 is 5.97 Å². The van der Waals surface area contributed by atoms with Crippen LogP contribution < -0.4 is 0 Å². The quantitative estimate of drug-likeness (QED) is 0.690. The highest BCUT2D eigenvalue weighted by atomic mass is 16.5. The molecule has 0 aliphatic rings. The van der Waals surface area contributed by atoms with Gasteiger partial charge in [0.25, 0.3) is 0 Å². The van der Waals surface area contributed by atoms with Gasteiger partial charge in [0, 0.05) is 13.3 Å². The van der Waals surface area contributed by atoms with Gasteiger partial charge in [-0.1, -0.05) is 0 Å². The number of oxazole rings is 1. The van der Waals surface area contributed by atoms with Crippen LogP contribution >= 0.6 is 0 Å². The summed E-state index contributed by atoms with van der Waals surface area (Å²) in [4.78, 5) is 15.2. The van der Waals surface area contributed by atoms with E-state index in [9.17, 15) is 4.79 Å². The number of rotatable bonds is 4. The summed E-state index contributed by atoms with van der Waals surface area (Å²) in [6.07, 6.45) is 0.912. The van der Waals surface area contributed by atoms with Gasteiger partial charge in [-0.25, -0.2) is 4.98 Å². The fourth-order valence-electron chi connectivity index (χ4n) is 1.25. The van der Waals surface area contributed by atoms with Crippen LogP contribution in [-0.4, -0.2) is 17.6 Å². The van der Waals surface area contributed by atoms with E-state index in [0.717, 1.165) is 11.5 Å². The van der Waals surface area contributed by atoms with Gasteiger partial charge in [0.05, 0.1) is 18.7 Å². The number of hydrogen-bond donors (Lipinski definition) is 0. The SMILES string of the molecule is CCOC(=O)CCc1oc(C)nc1C. The van der Waals surface area contributed by atoms with Gasteiger partial charge in [-0.05, 0) is 13.8 Å². The Bertz CT molecular complexity index is 317. The summed E-state index contributed by atoms with van der Waals surface area (Å²) in [6.45, 7) is 5.88. The molecule has 0 amide bonds. The fraction of sp³-hybridized carbons (Fsp3) is 0.600. The molecule has 1 aromatic rings. The van der Waals surface area contributed by atoms with E-state index in [1.807, 2.05) is 6.92 Å². The van der Waals surface area contributed by atoms with Crippen LogP contribution in [0.4, 0.5) is 0 Å². The van der Waals surface area contributed by atoms with E-state index < -0.39 is 0 Å². The molecule has 0 N–H and O–H groups in total. The Morgan fingerprint density at radius 3 is 2.71 bits per heavy atom. The maximum atomic E-state index is 11.1. The Hall–Kier alpha value is -1.32. The van der Waals surface area contributed by atoms with Crippen LogP contribution in [0, 0.1) is 13.8 Å². The molecule has 0 bridgehead atoms. The monoisotopic (exact) mass is 197 g/mol. The molecule has 14 heavy (non-hydrogen) atoms. The molecule has 0 atom stereocenters. The summed E-state index contributed by atoms with van der Waals surface area (Å²) >= 11 is 0. The lowest BCUT2D eigenvalue weighted by atomic mass is 10.2. The molecule has 1 aromatic heterocycles. The third-order valence-electron chi connectivity index (χ3n) is 1.86. The maximum absolute atomic E-state index is 11.1. The minimum Gasteiger partial charge on any atom is -0.466 e. The first-order valence-electron chi connectivity index (χ1n) is 4.72. The Labute approximate surface area is 83.3 Å². The predicted molar refractivity (Wildman–Crippen MR) is 50.9 cm³/mol. The molecular formula is C10H15NO3.